The lowest BCUT2D eigenvalue weighted by atomic mass is 10.3. The second-order valence-electron chi connectivity index (χ2n) is 3.15. The standard InChI is InChI=1S/C10H8ClF2N3/c11-6-3-1-2-4-8(6)16-9(10(12)13)7(14)5-15-16/h1-5,10H,14H2. The van der Waals surface area contributed by atoms with E-state index in [1.54, 1.807) is 24.3 Å². The summed E-state index contributed by atoms with van der Waals surface area (Å²) in [6.45, 7) is 0. The predicted octanol–water partition coefficient (Wildman–Crippen LogP) is 3.05. The number of para-hydroxylation sites is 1. The summed E-state index contributed by atoms with van der Waals surface area (Å²) in [6, 6.07) is 6.60. The van der Waals surface area contributed by atoms with Crippen molar-refractivity contribution in [3.05, 3.63) is 41.2 Å². The fourth-order valence-corrected chi connectivity index (χ4v) is 1.62. The van der Waals surface area contributed by atoms with Crippen molar-refractivity contribution >= 4 is 17.3 Å². The summed E-state index contributed by atoms with van der Waals surface area (Å²) in [6.07, 6.45) is -1.51. The molecule has 1 aromatic heterocycles. The van der Waals surface area contributed by atoms with Crippen LogP contribution in [0, 0.1) is 0 Å². The minimum Gasteiger partial charge on any atom is -0.396 e. The molecule has 0 atom stereocenters. The average molecular weight is 244 g/mol. The van der Waals surface area contributed by atoms with Crippen LogP contribution in [-0.4, -0.2) is 9.78 Å². The molecule has 2 N–H and O–H groups in total. The van der Waals surface area contributed by atoms with Gasteiger partial charge in [-0.25, -0.2) is 13.5 Å². The fraction of sp³-hybridized carbons (Fsp3) is 0.100. The molecule has 0 saturated carbocycles. The number of benzene rings is 1. The highest BCUT2D eigenvalue weighted by molar-refractivity contribution is 6.32. The predicted molar refractivity (Wildman–Crippen MR) is 57.9 cm³/mol. The van der Waals surface area contributed by atoms with E-state index in [2.05, 4.69) is 5.10 Å². The molecule has 16 heavy (non-hydrogen) atoms. The number of hydrogen-bond acceptors (Lipinski definition) is 2. The maximum atomic E-state index is 12.8. The summed E-state index contributed by atoms with van der Waals surface area (Å²) in [5.74, 6) is 0. The first-order chi connectivity index (χ1) is 7.61. The van der Waals surface area contributed by atoms with E-state index in [1.807, 2.05) is 0 Å². The number of alkyl halides is 2. The zero-order valence-corrected chi connectivity index (χ0v) is 8.83. The molecule has 3 nitrogen and oxygen atoms in total. The molecular formula is C10H8ClF2N3. The van der Waals surface area contributed by atoms with Crippen molar-refractivity contribution in [1.82, 2.24) is 9.78 Å². The van der Waals surface area contributed by atoms with Crippen LogP contribution in [0.1, 0.15) is 12.1 Å². The Balaban J connectivity index is 2.61. The molecule has 1 heterocycles. The average Bonchev–Trinajstić information content (AvgIpc) is 2.61. The zero-order valence-electron chi connectivity index (χ0n) is 8.07. The Labute approximate surface area is 95.4 Å². The van der Waals surface area contributed by atoms with Gasteiger partial charge in [-0.05, 0) is 12.1 Å². The van der Waals surface area contributed by atoms with Crippen LogP contribution in [0.3, 0.4) is 0 Å². The molecule has 0 unspecified atom stereocenters. The van der Waals surface area contributed by atoms with Gasteiger partial charge in [-0.15, -0.1) is 0 Å². The first-order valence-corrected chi connectivity index (χ1v) is 4.85. The van der Waals surface area contributed by atoms with Crippen LogP contribution >= 0.6 is 11.6 Å². The molecule has 0 radical (unpaired) electrons. The van der Waals surface area contributed by atoms with Gasteiger partial charge < -0.3 is 5.73 Å². The molecular weight excluding hydrogens is 236 g/mol. The lowest BCUT2D eigenvalue weighted by molar-refractivity contribution is 0.143. The van der Waals surface area contributed by atoms with Gasteiger partial charge in [0.15, 0.2) is 0 Å². The van der Waals surface area contributed by atoms with E-state index in [0.29, 0.717) is 10.7 Å². The molecule has 0 saturated heterocycles. The van der Waals surface area contributed by atoms with Crippen LogP contribution in [-0.2, 0) is 0 Å². The molecule has 84 valence electrons. The zero-order chi connectivity index (χ0) is 11.7. The number of halogens is 3. The van der Waals surface area contributed by atoms with Crippen molar-refractivity contribution in [2.45, 2.75) is 6.43 Å². The van der Waals surface area contributed by atoms with Gasteiger partial charge in [0.2, 0.25) is 0 Å². The Morgan fingerprint density at radius 2 is 2.00 bits per heavy atom. The molecule has 2 rings (SSSR count). The smallest absolute Gasteiger partial charge is 0.282 e. The highest BCUT2D eigenvalue weighted by Gasteiger charge is 2.20. The summed E-state index contributed by atoms with van der Waals surface area (Å²) in [5, 5.41) is 4.14. The van der Waals surface area contributed by atoms with Gasteiger partial charge in [-0.1, -0.05) is 23.7 Å². The number of anilines is 1. The molecule has 2 aromatic rings. The normalized spacial score (nSPS) is 11.0. The highest BCUT2D eigenvalue weighted by Crippen LogP contribution is 2.29. The summed E-state index contributed by atoms with van der Waals surface area (Å²) >= 11 is 5.90. The van der Waals surface area contributed by atoms with Crippen LogP contribution in [0.4, 0.5) is 14.5 Å². The van der Waals surface area contributed by atoms with E-state index >= 15 is 0 Å². The fourth-order valence-electron chi connectivity index (χ4n) is 1.40. The van der Waals surface area contributed by atoms with Crippen molar-refractivity contribution in [2.75, 3.05) is 5.73 Å². The first kappa shape index (κ1) is 10.9. The van der Waals surface area contributed by atoms with Gasteiger partial charge in [0.25, 0.3) is 6.43 Å². The summed E-state index contributed by atoms with van der Waals surface area (Å²) in [7, 11) is 0. The van der Waals surface area contributed by atoms with E-state index in [1.165, 1.54) is 6.20 Å². The third-order valence-corrected chi connectivity index (χ3v) is 2.44. The van der Waals surface area contributed by atoms with E-state index in [9.17, 15) is 8.78 Å². The van der Waals surface area contributed by atoms with Gasteiger partial charge in [-0.2, -0.15) is 5.10 Å². The molecule has 0 spiro atoms. The van der Waals surface area contributed by atoms with E-state index in [0.717, 1.165) is 4.68 Å². The Hall–Kier alpha value is -1.62. The minimum atomic E-state index is -2.70. The number of aromatic nitrogens is 2. The Kier molecular flexibility index (Phi) is 2.78. The molecule has 0 amide bonds. The third kappa shape index (κ3) is 1.74. The maximum Gasteiger partial charge on any atom is 0.282 e. The van der Waals surface area contributed by atoms with Gasteiger partial charge in [-0.3, -0.25) is 0 Å². The summed E-state index contributed by atoms with van der Waals surface area (Å²) in [5.41, 5.74) is 5.42. The van der Waals surface area contributed by atoms with Crippen molar-refractivity contribution in [3.63, 3.8) is 0 Å². The van der Waals surface area contributed by atoms with Gasteiger partial charge in [0, 0.05) is 0 Å². The summed E-state index contributed by atoms with van der Waals surface area (Å²) < 4.78 is 26.6. The maximum absolute atomic E-state index is 12.8. The van der Waals surface area contributed by atoms with E-state index < -0.39 is 6.43 Å². The number of nitrogens with two attached hydrogens (primary N) is 1. The minimum absolute atomic E-state index is 0.0464. The van der Waals surface area contributed by atoms with Crippen molar-refractivity contribution in [2.24, 2.45) is 0 Å². The third-order valence-electron chi connectivity index (χ3n) is 2.12. The van der Waals surface area contributed by atoms with Crippen LogP contribution in [0.15, 0.2) is 30.5 Å². The number of rotatable bonds is 2. The van der Waals surface area contributed by atoms with Crippen molar-refractivity contribution in [1.29, 1.82) is 0 Å². The second-order valence-corrected chi connectivity index (χ2v) is 3.56. The molecule has 0 aliphatic rings. The SMILES string of the molecule is Nc1cnn(-c2ccccc2Cl)c1C(F)F. The molecule has 0 aliphatic heterocycles. The second kappa shape index (κ2) is 4.09. The Morgan fingerprint density at radius 1 is 1.31 bits per heavy atom. The molecule has 1 aromatic carbocycles. The lowest BCUT2D eigenvalue weighted by Crippen LogP contribution is -2.04. The summed E-state index contributed by atoms with van der Waals surface area (Å²) in [4.78, 5) is 0. The molecule has 0 aliphatic carbocycles. The number of nitrogen functional groups attached to an aromatic ring is 1. The van der Waals surface area contributed by atoms with Gasteiger partial charge in [0.05, 0.1) is 22.6 Å². The Bertz CT molecular complexity index is 511. The topological polar surface area (TPSA) is 43.8 Å². The highest BCUT2D eigenvalue weighted by atomic mass is 35.5. The van der Waals surface area contributed by atoms with E-state index in [4.69, 9.17) is 17.3 Å². The van der Waals surface area contributed by atoms with Crippen molar-refractivity contribution < 1.29 is 8.78 Å². The quantitative estimate of drug-likeness (QED) is 0.881. The van der Waals surface area contributed by atoms with E-state index in [-0.39, 0.29) is 11.4 Å². The van der Waals surface area contributed by atoms with Gasteiger partial charge >= 0.3 is 0 Å². The van der Waals surface area contributed by atoms with Crippen LogP contribution in [0.2, 0.25) is 5.02 Å². The Morgan fingerprint density at radius 3 is 2.62 bits per heavy atom. The molecule has 6 heteroatoms. The van der Waals surface area contributed by atoms with Gasteiger partial charge in [0.1, 0.15) is 5.69 Å². The van der Waals surface area contributed by atoms with Crippen molar-refractivity contribution in [3.8, 4) is 5.69 Å². The monoisotopic (exact) mass is 243 g/mol. The van der Waals surface area contributed by atoms with Crippen LogP contribution in [0.25, 0.3) is 5.69 Å². The lowest BCUT2D eigenvalue weighted by Gasteiger charge is -2.08. The largest absolute Gasteiger partial charge is 0.396 e. The first-order valence-electron chi connectivity index (χ1n) is 4.47. The number of nitrogens with zero attached hydrogens (tertiary/aromatic N) is 2. The molecule has 0 bridgehead atoms. The molecule has 0 fully saturated rings. The van der Waals surface area contributed by atoms with Crippen LogP contribution in [0.5, 0.6) is 0 Å². The number of hydrogen-bond donors (Lipinski definition) is 1. The van der Waals surface area contributed by atoms with Crippen LogP contribution < -0.4 is 5.73 Å².